The Labute approximate surface area is 128 Å². The van der Waals surface area contributed by atoms with E-state index >= 15 is 0 Å². The van der Waals surface area contributed by atoms with Gasteiger partial charge in [-0.05, 0) is 38.8 Å². The van der Waals surface area contributed by atoms with Gasteiger partial charge in [0.05, 0.1) is 20.6 Å². The second kappa shape index (κ2) is 10.1. The Hall–Kier alpha value is -0.643. The Balaban J connectivity index is 2.08. The Kier molecular flexibility index (Phi) is 8.82. The number of rotatable bonds is 11. The minimum Gasteiger partial charge on any atom is -0.325 e. The second-order valence-corrected chi connectivity index (χ2v) is 7.47. The molecule has 1 rings (SSSR count). The van der Waals surface area contributed by atoms with Crippen LogP contribution in [0, 0.1) is 0 Å². The number of quaternary nitrogens is 1. The number of nitrogens with one attached hydrogen (secondary N) is 1. The number of unbranched alkanes of at least 4 members (excludes halogenated alkanes) is 2. The number of hydrogen-bond acceptors (Lipinski definition) is 1. The highest BCUT2D eigenvalue weighted by molar-refractivity contribution is 6.08. The summed E-state index contributed by atoms with van der Waals surface area (Å²) >= 11 is 0. The standard InChI is InChI=1S/C17H33N2Si/c1-19(2,16-17-10-5-3-6-11-17)14-8-4-7-12-18-13-9-15-20/h3,5-6,10-11,18H,4,7-9,12-16H2,1-2,20H3/q+1. The zero-order valence-corrected chi connectivity index (χ0v) is 15.7. The molecule has 1 N–H and O–H groups in total. The molecule has 114 valence electrons. The van der Waals surface area contributed by atoms with Crippen molar-refractivity contribution in [1.82, 2.24) is 5.32 Å². The van der Waals surface area contributed by atoms with Crippen LogP contribution in [-0.4, -0.2) is 48.5 Å². The molecule has 0 aliphatic heterocycles. The average Bonchev–Trinajstić information content (AvgIpc) is 2.42. The van der Waals surface area contributed by atoms with Gasteiger partial charge in [0.2, 0.25) is 0 Å². The first-order chi connectivity index (χ1) is 9.64. The van der Waals surface area contributed by atoms with Crippen molar-refractivity contribution in [3.8, 4) is 0 Å². The smallest absolute Gasteiger partial charge is 0.104 e. The number of hydrogen-bond donors (Lipinski definition) is 1. The molecule has 0 saturated heterocycles. The lowest BCUT2D eigenvalue weighted by atomic mass is 10.1. The van der Waals surface area contributed by atoms with Crippen LogP contribution in [0.4, 0.5) is 0 Å². The second-order valence-electron chi connectivity index (χ2n) is 6.47. The van der Waals surface area contributed by atoms with Gasteiger partial charge in [-0.1, -0.05) is 36.4 Å². The number of benzene rings is 1. The fraction of sp³-hybridized carbons (Fsp3) is 0.647. The van der Waals surface area contributed by atoms with Gasteiger partial charge in [-0.3, -0.25) is 0 Å². The van der Waals surface area contributed by atoms with Crippen LogP contribution in [0.1, 0.15) is 31.2 Å². The van der Waals surface area contributed by atoms with Crippen molar-refractivity contribution in [2.24, 2.45) is 0 Å². The normalized spacial score (nSPS) is 11.9. The summed E-state index contributed by atoms with van der Waals surface area (Å²) in [5, 5.41) is 3.54. The lowest BCUT2D eigenvalue weighted by Crippen LogP contribution is -2.39. The van der Waals surface area contributed by atoms with Crippen molar-refractivity contribution in [3.63, 3.8) is 0 Å². The van der Waals surface area contributed by atoms with Crippen molar-refractivity contribution in [2.45, 2.75) is 38.3 Å². The molecule has 0 bridgehead atoms. The number of nitrogens with zero attached hydrogens (tertiary/aromatic N) is 1. The quantitative estimate of drug-likeness (QED) is 0.375. The van der Waals surface area contributed by atoms with Crippen molar-refractivity contribution in [1.29, 1.82) is 0 Å². The van der Waals surface area contributed by atoms with Crippen LogP contribution in [0.3, 0.4) is 0 Å². The SMILES string of the molecule is C[N+](C)(CCCCCNCCC[SiH3])Cc1ccccc1. The average molecular weight is 294 g/mol. The molecule has 0 saturated carbocycles. The summed E-state index contributed by atoms with van der Waals surface area (Å²) in [6.07, 6.45) is 5.38. The maximum Gasteiger partial charge on any atom is 0.104 e. The lowest BCUT2D eigenvalue weighted by molar-refractivity contribution is -0.903. The Morgan fingerprint density at radius 2 is 1.65 bits per heavy atom. The summed E-state index contributed by atoms with van der Waals surface area (Å²) < 4.78 is 1.10. The van der Waals surface area contributed by atoms with E-state index in [0.29, 0.717) is 0 Å². The topological polar surface area (TPSA) is 12.0 Å². The van der Waals surface area contributed by atoms with E-state index in [1.165, 1.54) is 67.2 Å². The fourth-order valence-electron chi connectivity index (χ4n) is 2.55. The minimum absolute atomic E-state index is 1.10. The zero-order chi connectivity index (χ0) is 14.7. The van der Waals surface area contributed by atoms with E-state index in [1.54, 1.807) is 0 Å². The van der Waals surface area contributed by atoms with E-state index in [1.807, 2.05) is 0 Å². The van der Waals surface area contributed by atoms with E-state index in [2.05, 4.69) is 49.7 Å². The van der Waals surface area contributed by atoms with Gasteiger partial charge >= 0.3 is 0 Å². The van der Waals surface area contributed by atoms with Crippen LogP contribution in [0.25, 0.3) is 0 Å². The van der Waals surface area contributed by atoms with Gasteiger partial charge in [-0.2, -0.15) is 0 Å². The van der Waals surface area contributed by atoms with E-state index < -0.39 is 0 Å². The van der Waals surface area contributed by atoms with Gasteiger partial charge in [0, 0.05) is 15.8 Å². The summed E-state index contributed by atoms with van der Waals surface area (Å²) in [5.74, 6) is 0. The van der Waals surface area contributed by atoms with Crippen LogP contribution in [0.5, 0.6) is 0 Å². The highest BCUT2D eigenvalue weighted by atomic mass is 28.1. The molecule has 1 aromatic carbocycles. The first kappa shape index (κ1) is 17.4. The summed E-state index contributed by atoms with van der Waals surface area (Å²) in [6.45, 7) is 4.83. The first-order valence-corrected chi connectivity index (χ1v) is 9.62. The van der Waals surface area contributed by atoms with Crippen molar-refractivity contribution in [3.05, 3.63) is 35.9 Å². The maximum atomic E-state index is 3.54. The molecule has 0 radical (unpaired) electrons. The monoisotopic (exact) mass is 293 g/mol. The molecule has 0 aromatic heterocycles. The third kappa shape index (κ3) is 8.51. The molecule has 0 unspecified atom stereocenters. The molecule has 20 heavy (non-hydrogen) atoms. The third-order valence-electron chi connectivity index (χ3n) is 3.78. The summed E-state index contributed by atoms with van der Waals surface area (Å²) in [4.78, 5) is 0. The van der Waals surface area contributed by atoms with Gasteiger partial charge in [-0.25, -0.2) is 0 Å². The molecule has 0 heterocycles. The molecule has 0 amide bonds. The van der Waals surface area contributed by atoms with E-state index in [-0.39, 0.29) is 0 Å². The van der Waals surface area contributed by atoms with Crippen LogP contribution < -0.4 is 5.32 Å². The van der Waals surface area contributed by atoms with Crippen LogP contribution >= 0.6 is 0 Å². The molecule has 0 aliphatic carbocycles. The Morgan fingerprint density at radius 3 is 2.35 bits per heavy atom. The minimum atomic E-state index is 1.10. The predicted octanol–water partition coefficient (Wildman–Crippen LogP) is 2.20. The van der Waals surface area contributed by atoms with Crippen LogP contribution in [-0.2, 0) is 6.54 Å². The van der Waals surface area contributed by atoms with Crippen molar-refractivity contribution in [2.75, 3.05) is 33.7 Å². The summed E-state index contributed by atoms with van der Waals surface area (Å²) in [5.41, 5.74) is 1.45. The van der Waals surface area contributed by atoms with Crippen LogP contribution in [0.15, 0.2) is 30.3 Å². The zero-order valence-electron chi connectivity index (χ0n) is 13.7. The van der Waals surface area contributed by atoms with Crippen molar-refractivity contribution < 1.29 is 4.48 Å². The molecule has 3 heteroatoms. The maximum absolute atomic E-state index is 3.54. The lowest BCUT2D eigenvalue weighted by Gasteiger charge is -2.30. The highest BCUT2D eigenvalue weighted by Gasteiger charge is 2.14. The predicted molar refractivity (Wildman–Crippen MR) is 93.2 cm³/mol. The van der Waals surface area contributed by atoms with E-state index in [9.17, 15) is 0 Å². The molecule has 1 aromatic rings. The van der Waals surface area contributed by atoms with E-state index in [4.69, 9.17) is 0 Å². The van der Waals surface area contributed by atoms with Gasteiger partial charge < -0.3 is 9.80 Å². The van der Waals surface area contributed by atoms with Gasteiger partial charge in [0.1, 0.15) is 6.54 Å². The fourth-order valence-corrected chi connectivity index (χ4v) is 2.90. The molecule has 0 atom stereocenters. The molecular formula is C17H33N2Si+. The third-order valence-corrected chi connectivity index (χ3v) is 4.48. The van der Waals surface area contributed by atoms with Crippen molar-refractivity contribution >= 4 is 10.2 Å². The Bertz CT molecular complexity index is 338. The molecule has 2 nitrogen and oxygen atoms in total. The molecule has 0 aliphatic rings. The summed E-state index contributed by atoms with van der Waals surface area (Å²) in [6, 6.07) is 12.3. The van der Waals surface area contributed by atoms with Crippen LogP contribution in [0.2, 0.25) is 6.04 Å². The Morgan fingerprint density at radius 1 is 0.950 bits per heavy atom. The summed E-state index contributed by atoms with van der Waals surface area (Å²) in [7, 11) is 6.04. The van der Waals surface area contributed by atoms with Gasteiger partial charge in [-0.15, -0.1) is 0 Å². The molecule has 0 spiro atoms. The first-order valence-electron chi connectivity index (χ1n) is 8.21. The molecule has 0 fully saturated rings. The largest absolute Gasteiger partial charge is 0.325 e. The highest BCUT2D eigenvalue weighted by Crippen LogP contribution is 2.11. The molecular weight excluding hydrogens is 260 g/mol. The van der Waals surface area contributed by atoms with E-state index in [0.717, 1.165) is 11.0 Å². The van der Waals surface area contributed by atoms with Gasteiger partial charge in [0.25, 0.3) is 0 Å². The van der Waals surface area contributed by atoms with Gasteiger partial charge in [0.15, 0.2) is 0 Å².